The average Bonchev–Trinajstić information content (AvgIpc) is 3.20. The van der Waals surface area contributed by atoms with E-state index in [-0.39, 0.29) is 22.7 Å². The van der Waals surface area contributed by atoms with Crippen LogP contribution in [0.25, 0.3) is 11.7 Å². The molecule has 0 aliphatic carbocycles. The van der Waals surface area contributed by atoms with Crippen molar-refractivity contribution >= 4 is 44.3 Å². The van der Waals surface area contributed by atoms with E-state index in [2.05, 4.69) is 0 Å². The smallest absolute Gasteiger partial charge is 0.258 e. The van der Waals surface area contributed by atoms with Gasteiger partial charge in [-0.05, 0) is 12.1 Å². The summed E-state index contributed by atoms with van der Waals surface area (Å²) in [5, 5.41) is 19.9. The number of nitro groups is 2. The Labute approximate surface area is 138 Å². The van der Waals surface area contributed by atoms with Gasteiger partial charge in [-0.25, -0.2) is 17.6 Å². The summed E-state index contributed by atoms with van der Waals surface area (Å²) in [7, 11) is 0. The molecule has 0 aromatic carbocycles. The van der Waals surface area contributed by atoms with Crippen molar-refractivity contribution < 1.29 is 27.4 Å². The fraction of sp³-hybridized carbons (Fsp3) is 0. The quantitative estimate of drug-likeness (QED) is 0.295. The highest BCUT2D eigenvalue weighted by atomic mass is 32.1. The fourth-order valence-corrected chi connectivity index (χ4v) is 3.00. The molecule has 126 valence electrons. The summed E-state index contributed by atoms with van der Waals surface area (Å²) < 4.78 is 55.1. The van der Waals surface area contributed by atoms with Crippen LogP contribution in [0.15, 0.2) is 35.9 Å². The second-order valence-electron chi connectivity index (χ2n) is 4.05. The Morgan fingerprint density at radius 1 is 0.750 bits per heavy atom. The highest BCUT2D eigenvalue weighted by Gasteiger charge is 2.24. The molecule has 0 aliphatic rings. The summed E-state index contributed by atoms with van der Waals surface area (Å²) in [5.41, 5.74) is 0. The average molecular weight is 380 g/mol. The lowest BCUT2D eigenvalue weighted by Gasteiger charge is -1.98. The largest absolute Gasteiger partial charge is 0.324 e. The zero-order chi connectivity index (χ0) is 18.0. The van der Waals surface area contributed by atoms with E-state index in [4.69, 9.17) is 0 Å². The Hall–Kier alpha value is -2.60. The van der Waals surface area contributed by atoms with E-state index in [9.17, 15) is 37.8 Å². The minimum atomic E-state index is -2.19. The topological polar surface area (TPSA) is 86.3 Å². The van der Waals surface area contributed by atoms with Crippen LogP contribution in [-0.2, 0) is 0 Å². The van der Waals surface area contributed by atoms with Crippen LogP contribution in [0.1, 0.15) is 9.75 Å². The van der Waals surface area contributed by atoms with Gasteiger partial charge in [0.2, 0.25) is 0 Å². The van der Waals surface area contributed by atoms with Gasteiger partial charge < -0.3 is 0 Å². The molecule has 12 heteroatoms. The lowest BCUT2D eigenvalue weighted by Crippen LogP contribution is -1.85. The number of allylic oxidation sites excluding steroid dienone is 2. The molecule has 0 amide bonds. The van der Waals surface area contributed by atoms with Gasteiger partial charge in [-0.15, -0.1) is 0 Å². The lowest BCUT2D eigenvalue weighted by atomic mass is 10.3. The summed E-state index contributed by atoms with van der Waals surface area (Å²) in [6.07, 6.45) is 0. The van der Waals surface area contributed by atoms with Crippen LogP contribution < -0.4 is 0 Å². The van der Waals surface area contributed by atoms with Crippen molar-refractivity contribution in [3.05, 3.63) is 65.9 Å². The molecule has 0 unspecified atom stereocenters. The summed E-state index contributed by atoms with van der Waals surface area (Å²) >= 11 is 0.480. The number of halogens is 4. The van der Waals surface area contributed by atoms with Gasteiger partial charge >= 0.3 is 10.0 Å². The van der Waals surface area contributed by atoms with Crippen LogP contribution in [0.3, 0.4) is 0 Å². The molecule has 0 N–H and O–H groups in total. The molecule has 0 saturated carbocycles. The molecule has 0 spiro atoms. The number of thiophene rings is 2. The molecule has 6 nitrogen and oxygen atoms in total. The van der Waals surface area contributed by atoms with E-state index in [1.54, 1.807) is 0 Å². The molecule has 2 heterocycles. The van der Waals surface area contributed by atoms with Gasteiger partial charge in [0.25, 0.3) is 0 Å². The first-order valence-electron chi connectivity index (χ1n) is 5.82. The van der Waals surface area contributed by atoms with Gasteiger partial charge in [0.05, 0.1) is 19.6 Å². The summed E-state index contributed by atoms with van der Waals surface area (Å²) in [6.45, 7) is 0. The van der Waals surface area contributed by atoms with Gasteiger partial charge in [-0.1, -0.05) is 22.7 Å². The molecular weight excluding hydrogens is 376 g/mol. The van der Waals surface area contributed by atoms with Gasteiger partial charge in [0, 0.05) is 12.1 Å². The molecule has 0 aliphatic heterocycles. The maximum absolute atomic E-state index is 13.8. The van der Waals surface area contributed by atoms with Crippen LogP contribution in [0.4, 0.5) is 27.6 Å². The molecule has 0 radical (unpaired) electrons. The van der Waals surface area contributed by atoms with Crippen LogP contribution in [0.5, 0.6) is 0 Å². The predicted molar refractivity (Wildman–Crippen MR) is 80.2 cm³/mol. The van der Waals surface area contributed by atoms with Crippen molar-refractivity contribution in [3.63, 3.8) is 0 Å². The number of nitrogens with zero attached hydrogens (tertiary/aromatic N) is 2. The second kappa shape index (κ2) is 6.88. The Balaban J connectivity index is 2.41. The summed E-state index contributed by atoms with van der Waals surface area (Å²) in [5.74, 6) is -8.01. The Kier molecular flexibility index (Phi) is 5.09. The molecule has 24 heavy (non-hydrogen) atoms. The molecule has 0 fully saturated rings. The first-order valence-corrected chi connectivity index (χ1v) is 7.45. The van der Waals surface area contributed by atoms with E-state index in [0.29, 0.717) is 0 Å². The number of rotatable bonds is 5. The van der Waals surface area contributed by atoms with Crippen molar-refractivity contribution in [2.45, 2.75) is 0 Å². The Morgan fingerprint density at radius 2 is 1.08 bits per heavy atom. The minimum Gasteiger partial charge on any atom is -0.258 e. The molecule has 2 rings (SSSR count). The van der Waals surface area contributed by atoms with Crippen LogP contribution in [-0.4, -0.2) is 9.85 Å². The maximum Gasteiger partial charge on any atom is 0.324 e. The molecule has 2 aromatic heterocycles. The monoisotopic (exact) mass is 380 g/mol. The van der Waals surface area contributed by atoms with Crippen molar-refractivity contribution in [3.8, 4) is 0 Å². The lowest BCUT2D eigenvalue weighted by molar-refractivity contribution is -0.380. The van der Waals surface area contributed by atoms with Crippen molar-refractivity contribution in [2.75, 3.05) is 0 Å². The molecule has 0 saturated heterocycles. The first kappa shape index (κ1) is 17.7. The highest BCUT2D eigenvalue weighted by molar-refractivity contribution is 7.16. The summed E-state index contributed by atoms with van der Waals surface area (Å²) in [4.78, 5) is 18.1. The molecule has 2 aromatic rings. The van der Waals surface area contributed by atoms with Gasteiger partial charge in [-0.3, -0.25) is 20.2 Å². The van der Waals surface area contributed by atoms with Gasteiger partial charge in [-0.2, -0.15) is 0 Å². The summed E-state index contributed by atoms with van der Waals surface area (Å²) in [6, 6.07) is 3.46. The van der Waals surface area contributed by atoms with Gasteiger partial charge in [0.15, 0.2) is 23.3 Å². The van der Waals surface area contributed by atoms with Gasteiger partial charge in [0.1, 0.15) is 0 Å². The van der Waals surface area contributed by atoms with Crippen LogP contribution in [0.2, 0.25) is 0 Å². The third-order valence-corrected chi connectivity index (χ3v) is 4.61. The maximum atomic E-state index is 13.8. The first-order chi connectivity index (χ1) is 11.2. The zero-order valence-electron chi connectivity index (χ0n) is 11.2. The standard InChI is InChI=1S/C12H4F4N2O4S2/c13-9(5-1-3-7(23-5)17(19)20)11(15)12(16)10(14)6-2-4-8(24-6)18(21)22/h1-4H/b11-9+,12-10+. The Morgan fingerprint density at radius 3 is 1.33 bits per heavy atom. The van der Waals surface area contributed by atoms with Crippen LogP contribution in [0, 0.1) is 20.2 Å². The van der Waals surface area contributed by atoms with Crippen molar-refractivity contribution in [1.82, 2.24) is 0 Å². The molecule has 0 atom stereocenters. The normalized spacial score (nSPS) is 13.3. The van der Waals surface area contributed by atoms with E-state index in [0.717, 1.165) is 24.3 Å². The van der Waals surface area contributed by atoms with Crippen molar-refractivity contribution in [1.29, 1.82) is 0 Å². The SMILES string of the molecule is O=[N+]([O-])c1ccc(/C(F)=C(F)/C(F)=C(\F)c2ccc([N+](=O)[O-])s2)s1. The fourth-order valence-electron chi connectivity index (χ4n) is 1.50. The molecular formula is C12H4F4N2O4S2. The predicted octanol–water partition coefficient (Wildman–Crippen LogP) is 5.54. The highest BCUT2D eigenvalue weighted by Crippen LogP contribution is 2.39. The van der Waals surface area contributed by atoms with E-state index < -0.39 is 52.9 Å². The third-order valence-electron chi connectivity index (χ3n) is 2.55. The van der Waals surface area contributed by atoms with E-state index in [1.807, 2.05) is 0 Å². The van der Waals surface area contributed by atoms with E-state index >= 15 is 0 Å². The minimum absolute atomic E-state index is 0.240. The number of hydrogen-bond donors (Lipinski definition) is 0. The van der Waals surface area contributed by atoms with Crippen LogP contribution >= 0.6 is 22.7 Å². The zero-order valence-corrected chi connectivity index (χ0v) is 12.8. The Bertz CT molecular complexity index is 815. The second-order valence-corrected chi connectivity index (χ2v) is 6.17. The third kappa shape index (κ3) is 3.49. The molecule has 0 bridgehead atoms. The van der Waals surface area contributed by atoms with E-state index in [1.165, 1.54) is 0 Å². The van der Waals surface area contributed by atoms with Crippen molar-refractivity contribution in [2.24, 2.45) is 0 Å². The number of hydrogen-bond acceptors (Lipinski definition) is 6.